The number of hydrogen-bond donors (Lipinski definition) is 0. The van der Waals surface area contributed by atoms with Gasteiger partial charge in [-0.15, -0.1) is 0 Å². The molecule has 44 heavy (non-hydrogen) atoms. The second kappa shape index (κ2) is 10.1. The molecule has 3 aliphatic rings. The Bertz CT molecular complexity index is 1760. The van der Waals surface area contributed by atoms with Crippen molar-refractivity contribution >= 4 is 23.2 Å². The molecule has 0 N–H and O–H groups in total. The van der Waals surface area contributed by atoms with Crippen molar-refractivity contribution in [1.29, 1.82) is 0 Å². The second-order valence-corrected chi connectivity index (χ2v) is 16.1. The maximum atomic E-state index is 6.91. The van der Waals surface area contributed by atoms with Gasteiger partial charge in [0.1, 0.15) is 0 Å². The van der Waals surface area contributed by atoms with Gasteiger partial charge in [-0.3, -0.25) is 0 Å². The van der Waals surface area contributed by atoms with Crippen molar-refractivity contribution in [2.75, 3.05) is 0 Å². The zero-order chi connectivity index (χ0) is 31.2. The first kappa shape index (κ1) is 29.9. The lowest BCUT2D eigenvalue weighted by atomic mass is 9.34. The van der Waals surface area contributed by atoms with E-state index in [0.717, 1.165) is 18.8 Å². The predicted octanol–water partition coefficient (Wildman–Crippen LogP) is 10.6. The molecule has 1 unspecified atom stereocenters. The maximum absolute atomic E-state index is 6.91. The molecule has 1 nitrogen and oxygen atoms in total. The SMILES string of the molecule is CCCc1ccc2c(c1)C(C)(C)c1cc([C@@](C)(CC)c3ccc4cc(B5OC(C)(C)C(C)(C)C6CC[C@@H]56)ccc4c3)ccc1-2. The minimum atomic E-state index is -0.134. The van der Waals surface area contributed by atoms with Gasteiger partial charge in [0.15, 0.2) is 0 Å². The molecule has 2 fully saturated rings. The molecular formula is C42H51BO. The summed E-state index contributed by atoms with van der Waals surface area (Å²) in [5.41, 5.74) is 11.4. The summed E-state index contributed by atoms with van der Waals surface area (Å²) in [5.74, 6) is 1.37. The van der Waals surface area contributed by atoms with Crippen LogP contribution in [-0.4, -0.2) is 12.5 Å². The third-order valence-corrected chi connectivity index (χ3v) is 13.1. The van der Waals surface area contributed by atoms with Gasteiger partial charge in [0.2, 0.25) is 0 Å². The minimum Gasteiger partial charge on any atom is -0.425 e. The highest BCUT2D eigenvalue weighted by molar-refractivity contribution is 6.69. The van der Waals surface area contributed by atoms with Crippen LogP contribution in [0.15, 0.2) is 72.8 Å². The Morgan fingerprint density at radius 3 is 2.07 bits per heavy atom. The number of fused-ring (bicyclic) bond motifs is 5. The van der Waals surface area contributed by atoms with E-state index < -0.39 is 0 Å². The molecule has 1 heterocycles. The maximum Gasteiger partial charge on any atom is 0.330 e. The second-order valence-electron chi connectivity index (χ2n) is 16.1. The molecule has 4 aromatic carbocycles. The van der Waals surface area contributed by atoms with E-state index in [-0.39, 0.29) is 28.8 Å². The van der Waals surface area contributed by atoms with E-state index in [1.807, 2.05) is 0 Å². The van der Waals surface area contributed by atoms with Gasteiger partial charge in [-0.1, -0.05) is 141 Å². The van der Waals surface area contributed by atoms with E-state index in [9.17, 15) is 0 Å². The molecule has 0 radical (unpaired) electrons. The largest absolute Gasteiger partial charge is 0.425 e. The van der Waals surface area contributed by atoms with Gasteiger partial charge < -0.3 is 4.65 Å². The van der Waals surface area contributed by atoms with Gasteiger partial charge in [-0.2, -0.15) is 0 Å². The van der Waals surface area contributed by atoms with Crippen LogP contribution in [0.3, 0.4) is 0 Å². The van der Waals surface area contributed by atoms with E-state index in [1.165, 1.54) is 74.4 Å². The Morgan fingerprint density at radius 2 is 1.39 bits per heavy atom. The van der Waals surface area contributed by atoms with E-state index >= 15 is 0 Å². The molecule has 4 aromatic rings. The van der Waals surface area contributed by atoms with Crippen molar-refractivity contribution < 1.29 is 4.65 Å². The predicted molar refractivity (Wildman–Crippen MR) is 190 cm³/mol. The third-order valence-electron chi connectivity index (χ3n) is 13.1. The first-order chi connectivity index (χ1) is 20.8. The molecule has 3 atom stereocenters. The molecule has 1 aliphatic heterocycles. The topological polar surface area (TPSA) is 9.23 Å². The van der Waals surface area contributed by atoms with Gasteiger partial charge in [-0.05, 0) is 99.0 Å². The highest BCUT2D eigenvalue weighted by Crippen LogP contribution is 2.60. The standard InChI is InChI=1S/C42H51BO/c1-10-12-27-13-19-33-34-20-17-31(26-37(34)39(3,4)36(33)23-27)42(9,11-2)30-16-14-29-25-32(18-15-28(29)24-30)43-38-22-21-35(38)40(5,6)41(7,8)44-43/h13-20,23-26,35,38H,10-12,21-22H2,1-9H3/t35?,38-,42+/m1/s1. The van der Waals surface area contributed by atoms with Crippen molar-refractivity contribution in [3.63, 3.8) is 0 Å². The smallest absolute Gasteiger partial charge is 0.330 e. The highest BCUT2D eigenvalue weighted by Gasteiger charge is 2.59. The number of benzene rings is 4. The zero-order valence-corrected chi connectivity index (χ0v) is 28.6. The van der Waals surface area contributed by atoms with Gasteiger partial charge in [0, 0.05) is 10.8 Å². The van der Waals surface area contributed by atoms with Gasteiger partial charge in [0.25, 0.3) is 0 Å². The lowest BCUT2D eigenvalue weighted by molar-refractivity contribution is -0.103. The average molecular weight is 583 g/mol. The van der Waals surface area contributed by atoms with Crippen molar-refractivity contribution in [1.82, 2.24) is 0 Å². The lowest BCUT2D eigenvalue weighted by Gasteiger charge is -2.61. The Labute approximate surface area is 266 Å². The van der Waals surface area contributed by atoms with Crippen LogP contribution in [0.25, 0.3) is 21.9 Å². The molecule has 0 amide bonds. The van der Waals surface area contributed by atoms with Crippen LogP contribution in [0.4, 0.5) is 0 Å². The Balaban J connectivity index is 1.22. The molecule has 7 rings (SSSR count). The van der Waals surface area contributed by atoms with Crippen LogP contribution in [0.1, 0.15) is 116 Å². The fourth-order valence-electron chi connectivity index (χ4n) is 9.03. The summed E-state index contributed by atoms with van der Waals surface area (Å²) in [7, 11) is 0. The third kappa shape index (κ3) is 4.23. The van der Waals surface area contributed by atoms with Crippen LogP contribution in [0, 0.1) is 11.3 Å². The summed E-state index contributed by atoms with van der Waals surface area (Å²) < 4.78 is 6.91. The first-order valence-corrected chi connectivity index (χ1v) is 17.3. The summed E-state index contributed by atoms with van der Waals surface area (Å²) in [6.07, 6.45) is 5.99. The number of hydrogen-bond acceptors (Lipinski definition) is 1. The lowest BCUT2D eigenvalue weighted by Crippen LogP contribution is -2.64. The van der Waals surface area contributed by atoms with Gasteiger partial charge >= 0.3 is 6.92 Å². The minimum absolute atomic E-state index is 0.00325. The summed E-state index contributed by atoms with van der Waals surface area (Å²) in [6.45, 7) is 21.5. The molecular weight excluding hydrogens is 531 g/mol. The molecule has 2 aliphatic carbocycles. The Kier molecular flexibility index (Phi) is 6.84. The van der Waals surface area contributed by atoms with E-state index in [1.54, 1.807) is 0 Å². The van der Waals surface area contributed by atoms with Crippen LogP contribution >= 0.6 is 0 Å². The number of rotatable bonds is 6. The van der Waals surface area contributed by atoms with Gasteiger partial charge in [-0.25, -0.2) is 0 Å². The van der Waals surface area contributed by atoms with Crippen LogP contribution in [0.5, 0.6) is 0 Å². The Hall–Kier alpha value is -2.84. The summed E-state index contributed by atoms with van der Waals surface area (Å²) in [4.78, 5) is 0. The van der Waals surface area contributed by atoms with Crippen LogP contribution in [-0.2, 0) is 21.9 Å². The molecule has 2 heteroatoms. The zero-order valence-electron chi connectivity index (χ0n) is 28.6. The van der Waals surface area contributed by atoms with Crippen LogP contribution in [0.2, 0.25) is 5.82 Å². The molecule has 0 bridgehead atoms. The highest BCUT2D eigenvalue weighted by atomic mass is 16.5. The summed E-state index contributed by atoms with van der Waals surface area (Å²) >= 11 is 0. The average Bonchev–Trinajstić information content (AvgIpc) is 3.20. The first-order valence-electron chi connectivity index (χ1n) is 17.3. The van der Waals surface area contributed by atoms with E-state index in [4.69, 9.17) is 4.65 Å². The molecule has 228 valence electrons. The number of aryl methyl sites for hydroxylation is 1. The normalized spacial score (nSPS) is 23.8. The molecule has 1 saturated carbocycles. The monoisotopic (exact) mass is 582 g/mol. The molecule has 0 spiro atoms. The fraction of sp³-hybridized carbons (Fsp3) is 0.476. The summed E-state index contributed by atoms with van der Waals surface area (Å²) in [6, 6.07) is 28.8. The fourth-order valence-corrected chi connectivity index (χ4v) is 9.03. The van der Waals surface area contributed by atoms with E-state index in [2.05, 4.69) is 135 Å². The van der Waals surface area contributed by atoms with Crippen molar-refractivity contribution in [2.24, 2.45) is 11.3 Å². The van der Waals surface area contributed by atoms with Crippen LogP contribution < -0.4 is 5.46 Å². The molecule has 1 saturated heterocycles. The van der Waals surface area contributed by atoms with Gasteiger partial charge in [0.05, 0.1) is 5.60 Å². The van der Waals surface area contributed by atoms with Crippen molar-refractivity contribution in [2.45, 2.75) is 117 Å². The summed E-state index contributed by atoms with van der Waals surface area (Å²) in [5, 5.41) is 2.64. The van der Waals surface area contributed by atoms with Crippen molar-refractivity contribution in [3.8, 4) is 11.1 Å². The van der Waals surface area contributed by atoms with E-state index in [0.29, 0.717) is 5.82 Å². The molecule has 0 aromatic heterocycles. The Morgan fingerprint density at radius 1 is 0.750 bits per heavy atom. The quantitative estimate of drug-likeness (QED) is 0.206. The van der Waals surface area contributed by atoms with Crippen molar-refractivity contribution in [3.05, 3.63) is 101 Å².